The minimum absolute atomic E-state index is 0.0603. The Labute approximate surface area is 185 Å². The maximum Gasteiger partial charge on any atom is 0.270 e. The first-order valence-electron chi connectivity index (χ1n) is 10.1. The number of nitro groups is 1. The molecule has 0 N–H and O–H groups in total. The van der Waals surface area contributed by atoms with Crippen LogP contribution in [0, 0.1) is 17.0 Å². The average Bonchev–Trinajstić information content (AvgIpc) is 3.28. The number of benzene rings is 2. The molecule has 0 aliphatic carbocycles. The van der Waals surface area contributed by atoms with Gasteiger partial charge in [0, 0.05) is 25.2 Å². The average molecular weight is 458 g/mol. The van der Waals surface area contributed by atoms with Crippen molar-refractivity contribution in [3.63, 3.8) is 0 Å². The summed E-state index contributed by atoms with van der Waals surface area (Å²) in [6, 6.07) is 13.1. The van der Waals surface area contributed by atoms with E-state index in [0.717, 1.165) is 6.07 Å². The number of non-ortho nitro benzene ring substituents is 1. The third kappa shape index (κ3) is 4.63. The highest BCUT2D eigenvalue weighted by atomic mass is 32.2. The number of piperidine rings is 1. The van der Waals surface area contributed by atoms with Crippen LogP contribution in [0.2, 0.25) is 0 Å². The Morgan fingerprint density at radius 1 is 1.22 bits per heavy atom. The Bertz CT molecular complexity index is 1210. The fourth-order valence-corrected chi connectivity index (χ4v) is 5.40. The van der Waals surface area contributed by atoms with Gasteiger partial charge in [0.25, 0.3) is 11.6 Å². The lowest BCUT2D eigenvalue weighted by atomic mass is 10.00. The SMILES string of the molecule is Cc1ccc([N+](=O)[O-])cc1S(=O)(=O)N1CCCC(c2nnc(COc3ccccc3)o2)C1. The molecule has 168 valence electrons. The number of hydrogen-bond acceptors (Lipinski definition) is 8. The summed E-state index contributed by atoms with van der Waals surface area (Å²) in [6.07, 6.45) is 1.30. The van der Waals surface area contributed by atoms with Crippen LogP contribution in [0.1, 0.15) is 36.1 Å². The van der Waals surface area contributed by atoms with Crippen molar-refractivity contribution in [2.75, 3.05) is 13.1 Å². The summed E-state index contributed by atoms with van der Waals surface area (Å²) in [7, 11) is -3.91. The summed E-state index contributed by atoms with van der Waals surface area (Å²) in [5.41, 5.74) is 0.193. The molecule has 32 heavy (non-hydrogen) atoms. The zero-order valence-electron chi connectivity index (χ0n) is 17.4. The van der Waals surface area contributed by atoms with Crippen LogP contribution in [0.15, 0.2) is 57.8 Å². The van der Waals surface area contributed by atoms with E-state index in [1.807, 2.05) is 30.3 Å². The lowest BCUT2D eigenvalue weighted by Gasteiger charge is -2.30. The smallest absolute Gasteiger partial charge is 0.270 e. The fraction of sp³-hybridized carbons (Fsp3) is 0.333. The van der Waals surface area contributed by atoms with Crippen LogP contribution in [0.5, 0.6) is 5.75 Å². The second kappa shape index (κ2) is 9.05. The molecule has 1 unspecified atom stereocenters. The monoisotopic (exact) mass is 458 g/mol. The van der Waals surface area contributed by atoms with Crippen molar-refractivity contribution in [3.05, 3.63) is 76.0 Å². The van der Waals surface area contributed by atoms with Crippen LogP contribution in [-0.4, -0.2) is 40.9 Å². The van der Waals surface area contributed by atoms with E-state index in [1.54, 1.807) is 6.92 Å². The molecule has 0 amide bonds. The molecule has 0 bridgehead atoms. The molecule has 10 nitrogen and oxygen atoms in total. The van der Waals surface area contributed by atoms with Gasteiger partial charge in [0.1, 0.15) is 5.75 Å². The first kappa shape index (κ1) is 21.9. The van der Waals surface area contributed by atoms with Crippen molar-refractivity contribution in [2.24, 2.45) is 0 Å². The molecule has 4 rings (SSSR count). The summed E-state index contributed by atoms with van der Waals surface area (Å²) < 4.78 is 39.2. The molecule has 3 aromatic rings. The number of nitro benzene ring substituents is 1. The summed E-state index contributed by atoms with van der Waals surface area (Å²) in [5.74, 6) is 1.07. The number of ether oxygens (including phenoxy) is 1. The van der Waals surface area contributed by atoms with E-state index in [2.05, 4.69) is 10.2 Å². The van der Waals surface area contributed by atoms with Crippen LogP contribution in [0.3, 0.4) is 0 Å². The van der Waals surface area contributed by atoms with E-state index in [0.29, 0.717) is 42.5 Å². The molecule has 0 saturated carbocycles. The Hall–Kier alpha value is -3.31. The van der Waals surface area contributed by atoms with E-state index in [9.17, 15) is 18.5 Å². The lowest BCUT2D eigenvalue weighted by Crippen LogP contribution is -2.39. The molecule has 2 aromatic carbocycles. The number of hydrogen-bond donors (Lipinski definition) is 0. The van der Waals surface area contributed by atoms with Gasteiger partial charge in [-0.3, -0.25) is 10.1 Å². The molecule has 0 spiro atoms. The summed E-state index contributed by atoms with van der Waals surface area (Å²) in [6.45, 7) is 2.21. The number of aryl methyl sites for hydroxylation is 1. The van der Waals surface area contributed by atoms with Gasteiger partial charge in [-0.1, -0.05) is 24.3 Å². The summed E-state index contributed by atoms with van der Waals surface area (Å²) in [5, 5.41) is 19.2. The number of aromatic nitrogens is 2. The van der Waals surface area contributed by atoms with Gasteiger partial charge >= 0.3 is 0 Å². The zero-order chi connectivity index (χ0) is 22.7. The molecule has 1 saturated heterocycles. The fourth-order valence-electron chi connectivity index (χ4n) is 3.63. The summed E-state index contributed by atoms with van der Waals surface area (Å²) in [4.78, 5) is 10.4. The Balaban J connectivity index is 1.48. The zero-order valence-corrected chi connectivity index (χ0v) is 18.2. The molecule has 2 heterocycles. The Morgan fingerprint density at radius 3 is 2.75 bits per heavy atom. The van der Waals surface area contributed by atoms with Crippen LogP contribution in [-0.2, 0) is 16.6 Å². The largest absolute Gasteiger partial charge is 0.484 e. The molecule has 11 heteroatoms. The predicted octanol–water partition coefficient (Wildman–Crippen LogP) is 3.43. The molecular weight excluding hydrogens is 436 g/mol. The normalized spacial score (nSPS) is 17.2. The minimum atomic E-state index is -3.91. The van der Waals surface area contributed by atoms with Crippen molar-refractivity contribution in [1.82, 2.24) is 14.5 Å². The van der Waals surface area contributed by atoms with Gasteiger partial charge in [-0.2, -0.15) is 4.31 Å². The van der Waals surface area contributed by atoms with Gasteiger partial charge in [0.15, 0.2) is 6.61 Å². The van der Waals surface area contributed by atoms with Crippen LogP contribution in [0.25, 0.3) is 0 Å². The standard InChI is InChI=1S/C21H22N4O6S/c1-15-9-10-17(25(26)27)12-19(15)32(28,29)24-11-5-6-16(13-24)21-23-22-20(31-21)14-30-18-7-3-2-4-8-18/h2-4,7-10,12,16H,5-6,11,13-14H2,1H3. The molecule has 1 atom stereocenters. The summed E-state index contributed by atoms with van der Waals surface area (Å²) >= 11 is 0. The van der Waals surface area contributed by atoms with Crippen molar-refractivity contribution in [3.8, 4) is 5.75 Å². The van der Waals surface area contributed by atoms with Crippen LogP contribution in [0.4, 0.5) is 5.69 Å². The maximum absolute atomic E-state index is 13.2. The molecule has 1 aromatic heterocycles. The van der Waals surface area contributed by atoms with Crippen molar-refractivity contribution < 1.29 is 22.5 Å². The van der Waals surface area contributed by atoms with E-state index in [4.69, 9.17) is 9.15 Å². The molecule has 1 aliphatic heterocycles. The predicted molar refractivity (Wildman–Crippen MR) is 114 cm³/mol. The topological polar surface area (TPSA) is 129 Å². The second-order valence-electron chi connectivity index (χ2n) is 7.54. The second-order valence-corrected chi connectivity index (χ2v) is 9.45. The van der Waals surface area contributed by atoms with Crippen LogP contribution >= 0.6 is 0 Å². The highest BCUT2D eigenvalue weighted by molar-refractivity contribution is 7.89. The molecule has 0 radical (unpaired) electrons. The molecular formula is C21H22N4O6S. The minimum Gasteiger partial charge on any atom is -0.484 e. The maximum atomic E-state index is 13.2. The Morgan fingerprint density at radius 2 is 2.00 bits per heavy atom. The quantitative estimate of drug-likeness (QED) is 0.389. The van der Waals surface area contributed by atoms with Gasteiger partial charge in [0.05, 0.1) is 15.7 Å². The first-order chi connectivity index (χ1) is 15.3. The van der Waals surface area contributed by atoms with Crippen LogP contribution < -0.4 is 4.74 Å². The highest BCUT2D eigenvalue weighted by Crippen LogP contribution is 2.32. The van der Waals surface area contributed by atoms with Gasteiger partial charge in [0.2, 0.25) is 15.9 Å². The number of para-hydroxylation sites is 1. The molecule has 1 fully saturated rings. The van der Waals surface area contributed by atoms with Gasteiger partial charge in [-0.15, -0.1) is 10.2 Å². The van der Waals surface area contributed by atoms with Gasteiger partial charge < -0.3 is 9.15 Å². The number of sulfonamides is 1. The van der Waals surface area contributed by atoms with E-state index in [1.165, 1.54) is 16.4 Å². The van der Waals surface area contributed by atoms with Crippen molar-refractivity contribution in [2.45, 2.75) is 37.2 Å². The molecule has 1 aliphatic rings. The van der Waals surface area contributed by atoms with Crippen molar-refractivity contribution >= 4 is 15.7 Å². The van der Waals surface area contributed by atoms with Gasteiger partial charge in [-0.25, -0.2) is 8.42 Å². The third-order valence-electron chi connectivity index (χ3n) is 5.32. The number of nitrogens with zero attached hydrogens (tertiary/aromatic N) is 4. The number of rotatable bonds is 7. The lowest BCUT2D eigenvalue weighted by molar-refractivity contribution is -0.385. The Kier molecular flexibility index (Phi) is 6.19. The van der Waals surface area contributed by atoms with E-state index >= 15 is 0 Å². The third-order valence-corrected chi connectivity index (χ3v) is 7.33. The van der Waals surface area contributed by atoms with E-state index < -0.39 is 14.9 Å². The van der Waals surface area contributed by atoms with Crippen molar-refractivity contribution in [1.29, 1.82) is 0 Å². The van der Waals surface area contributed by atoms with E-state index in [-0.39, 0.29) is 29.7 Å². The van der Waals surface area contributed by atoms with Gasteiger partial charge in [-0.05, 0) is 37.5 Å². The highest BCUT2D eigenvalue weighted by Gasteiger charge is 2.34. The first-order valence-corrected chi connectivity index (χ1v) is 11.5.